The van der Waals surface area contributed by atoms with E-state index >= 15 is 0 Å². The van der Waals surface area contributed by atoms with Gasteiger partial charge in [-0.1, -0.05) is 23.7 Å². The first-order valence-corrected chi connectivity index (χ1v) is 10.9. The number of pyridine rings is 1. The smallest absolute Gasteiger partial charge is 0.255 e. The Balaban J connectivity index is 1.38. The SMILES string of the molecule is Cc1ccc(C)c(N2CCN(C(=O)c3cnc(OC4CCOCC4)c(Cl)c3)CC2)c1. The number of nitrogens with zero attached hydrogens (tertiary/aromatic N) is 3. The van der Waals surface area contributed by atoms with Gasteiger partial charge in [0.1, 0.15) is 11.1 Å². The summed E-state index contributed by atoms with van der Waals surface area (Å²) in [4.78, 5) is 21.5. The first kappa shape index (κ1) is 20.9. The molecule has 0 atom stereocenters. The van der Waals surface area contributed by atoms with Crippen molar-refractivity contribution in [3.05, 3.63) is 52.2 Å². The molecule has 2 aromatic rings. The number of halogens is 1. The van der Waals surface area contributed by atoms with E-state index < -0.39 is 0 Å². The van der Waals surface area contributed by atoms with Crippen LogP contribution < -0.4 is 9.64 Å². The summed E-state index contributed by atoms with van der Waals surface area (Å²) in [5.41, 5.74) is 4.26. The van der Waals surface area contributed by atoms with Crippen LogP contribution in [0.4, 0.5) is 5.69 Å². The molecule has 2 saturated heterocycles. The summed E-state index contributed by atoms with van der Waals surface area (Å²) in [6.45, 7) is 8.57. The van der Waals surface area contributed by atoms with E-state index in [2.05, 4.69) is 41.9 Å². The molecule has 30 heavy (non-hydrogen) atoms. The van der Waals surface area contributed by atoms with Crippen LogP contribution in [0.3, 0.4) is 0 Å². The van der Waals surface area contributed by atoms with Crippen molar-refractivity contribution in [2.75, 3.05) is 44.3 Å². The fraction of sp³-hybridized carbons (Fsp3) is 0.478. The lowest BCUT2D eigenvalue weighted by molar-refractivity contribution is 0.0238. The molecule has 6 nitrogen and oxygen atoms in total. The van der Waals surface area contributed by atoms with E-state index in [4.69, 9.17) is 21.1 Å². The van der Waals surface area contributed by atoms with Crippen molar-refractivity contribution in [1.29, 1.82) is 0 Å². The third kappa shape index (κ3) is 4.71. The maximum absolute atomic E-state index is 13.0. The molecule has 2 aliphatic heterocycles. The van der Waals surface area contributed by atoms with Gasteiger partial charge in [0, 0.05) is 50.9 Å². The average Bonchev–Trinajstić information content (AvgIpc) is 2.77. The highest BCUT2D eigenvalue weighted by atomic mass is 35.5. The second-order valence-corrected chi connectivity index (χ2v) is 8.42. The molecular formula is C23H28ClN3O3. The number of piperazine rings is 1. The Labute approximate surface area is 182 Å². The molecule has 160 valence electrons. The summed E-state index contributed by atoms with van der Waals surface area (Å²) in [7, 11) is 0. The molecule has 1 aromatic heterocycles. The van der Waals surface area contributed by atoms with Crippen LogP contribution in [0.1, 0.15) is 34.3 Å². The molecule has 1 amide bonds. The van der Waals surface area contributed by atoms with Gasteiger partial charge in [0.15, 0.2) is 0 Å². The standard InChI is InChI=1S/C23H28ClN3O3/c1-16-3-4-17(2)21(13-16)26-7-9-27(10-8-26)23(28)18-14-20(24)22(25-15-18)30-19-5-11-29-12-6-19/h3-4,13-15,19H,5-12H2,1-2H3. The van der Waals surface area contributed by atoms with Crippen molar-refractivity contribution in [3.63, 3.8) is 0 Å². The Bertz CT molecular complexity index is 907. The van der Waals surface area contributed by atoms with E-state index in [-0.39, 0.29) is 12.0 Å². The number of rotatable bonds is 4. The van der Waals surface area contributed by atoms with Crippen molar-refractivity contribution in [3.8, 4) is 5.88 Å². The number of carbonyl (C=O) groups is 1. The molecule has 0 saturated carbocycles. The van der Waals surface area contributed by atoms with Crippen LogP contribution in [0, 0.1) is 13.8 Å². The normalized spacial score (nSPS) is 17.8. The largest absolute Gasteiger partial charge is 0.473 e. The lowest BCUT2D eigenvalue weighted by atomic mass is 10.1. The third-order valence-electron chi connectivity index (χ3n) is 5.77. The average molecular weight is 430 g/mol. The van der Waals surface area contributed by atoms with Gasteiger partial charge < -0.3 is 19.3 Å². The minimum Gasteiger partial charge on any atom is -0.473 e. The van der Waals surface area contributed by atoms with Gasteiger partial charge in [-0.3, -0.25) is 4.79 Å². The Kier molecular flexibility index (Phi) is 6.44. The van der Waals surface area contributed by atoms with E-state index in [0.717, 1.165) is 25.9 Å². The monoisotopic (exact) mass is 429 g/mol. The molecule has 0 spiro atoms. The van der Waals surface area contributed by atoms with Gasteiger partial charge in [0.05, 0.1) is 18.8 Å². The minimum atomic E-state index is -0.0392. The zero-order valence-electron chi connectivity index (χ0n) is 17.6. The van der Waals surface area contributed by atoms with Gasteiger partial charge in [-0.05, 0) is 37.1 Å². The Morgan fingerprint density at radius 1 is 1.13 bits per heavy atom. The molecule has 0 radical (unpaired) electrons. The fourth-order valence-corrected chi connectivity index (χ4v) is 4.18. The number of hydrogen-bond donors (Lipinski definition) is 0. The van der Waals surface area contributed by atoms with Crippen LogP contribution in [0.2, 0.25) is 5.02 Å². The maximum Gasteiger partial charge on any atom is 0.255 e. The third-order valence-corrected chi connectivity index (χ3v) is 6.04. The molecule has 0 aliphatic carbocycles. The highest BCUT2D eigenvalue weighted by Crippen LogP contribution is 2.27. The highest BCUT2D eigenvalue weighted by Gasteiger charge is 2.24. The van der Waals surface area contributed by atoms with Crippen LogP contribution in [-0.4, -0.2) is 61.3 Å². The Morgan fingerprint density at radius 3 is 2.57 bits per heavy atom. The molecule has 4 rings (SSSR count). The van der Waals surface area contributed by atoms with Gasteiger partial charge in [-0.25, -0.2) is 4.98 Å². The zero-order valence-corrected chi connectivity index (χ0v) is 18.3. The van der Waals surface area contributed by atoms with Crippen LogP contribution in [-0.2, 0) is 4.74 Å². The van der Waals surface area contributed by atoms with Crippen LogP contribution in [0.15, 0.2) is 30.5 Å². The quantitative estimate of drug-likeness (QED) is 0.738. The predicted octanol–water partition coefficient (Wildman–Crippen LogP) is 3.87. The van der Waals surface area contributed by atoms with Gasteiger partial charge in [0.2, 0.25) is 5.88 Å². The molecule has 1 aromatic carbocycles. The van der Waals surface area contributed by atoms with Gasteiger partial charge in [0.25, 0.3) is 5.91 Å². The molecule has 2 fully saturated rings. The molecule has 0 N–H and O–H groups in total. The number of benzene rings is 1. The van der Waals surface area contributed by atoms with Crippen molar-refractivity contribution in [1.82, 2.24) is 9.88 Å². The predicted molar refractivity (Wildman–Crippen MR) is 118 cm³/mol. The zero-order chi connectivity index (χ0) is 21.1. The fourth-order valence-electron chi connectivity index (χ4n) is 3.97. The van der Waals surface area contributed by atoms with E-state index in [1.165, 1.54) is 16.8 Å². The molecule has 3 heterocycles. The molecular weight excluding hydrogens is 402 g/mol. The molecule has 0 bridgehead atoms. The summed E-state index contributed by atoms with van der Waals surface area (Å²) in [5.74, 6) is 0.350. The number of ether oxygens (including phenoxy) is 2. The van der Waals surface area contributed by atoms with Crippen molar-refractivity contribution >= 4 is 23.2 Å². The number of amides is 1. The molecule has 0 unspecified atom stereocenters. The number of aryl methyl sites for hydroxylation is 2. The number of anilines is 1. The van der Waals surface area contributed by atoms with E-state index in [0.29, 0.717) is 42.8 Å². The van der Waals surface area contributed by atoms with Crippen molar-refractivity contribution in [2.45, 2.75) is 32.8 Å². The highest BCUT2D eigenvalue weighted by molar-refractivity contribution is 6.32. The Hall–Kier alpha value is -2.31. The van der Waals surface area contributed by atoms with Gasteiger partial charge in [-0.15, -0.1) is 0 Å². The van der Waals surface area contributed by atoms with Crippen LogP contribution >= 0.6 is 11.6 Å². The topological polar surface area (TPSA) is 54.9 Å². The summed E-state index contributed by atoms with van der Waals surface area (Å²) in [5, 5.41) is 0.376. The van der Waals surface area contributed by atoms with Gasteiger partial charge >= 0.3 is 0 Å². The van der Waals surface area contributed by atoms with E-state index in [1.54, 1.807) is 12.3 Å². The van der Waals surface area contributed by atoms with Crippen LogP contribution in [0.25, 0.3) is 0 Å². The van der Waals surface area contributed by atoms with E-state index in [9.17, 15) is 4.79 Å². The van der Waals surface area contributed by atoms with E-state index in [1.807, 2.05) is 4.90 Å². The van der Waals surface area contributed by atoms with Crippen LogP contribution in [0.5, 0.6) is 5.88 Å². The summed E-state index contributed by atoms with van der Waals surface area (Å²) >= 11 is 6.37. The number of aromatic nitrogens is 1. The summed E-state index contributed by atoms with van der Waals surface area (Å²) in [6, 6.07) is 8.17. The number of hydrogen-bond acceptors (Lipinski definition) is 5. The van der Waals surface area contributed by atoms with Crippen molar-refractivity contribution < 1.29 is 14.3 Å². The summed E-state index contributed by atoms with van der Waals surface area (Å²) < 4.78 is 11.2. The molecule has 2 aliphatic rings. The number of carbonyl (C=O) groups excluding carboxylic acids is 1. The lowest BCUT2D eigenvalue weighted by Gasteiger charge is -2.37. The van der Waals surface area contributed by atoms with Crippen molar-refractivity contribution in [2.24, 2.45) is 0 Å². The van der Waals surface area contributed by atoms with Gasteiger partial charge in [-0.2, -0.15) is 0 Å². The second kappa shape index (κ2) is 9.23. The maximum atomic E-state index is 13.0. The molecule has 7 heteroatoms. The second-order valence-electron chi connectivity index (χ2n) is 8.01. The lowest BCUT2D eigenvalue weighted by Crippen LogP contribution is -2.49. The first-order chi connectivity index (χ1) is 14.5. The Morgan fingerprint density at radius 2 is 1.87 bits per heavy atom. The first-order valence-electron chi connectivity index (χ1n) is 10.5. The minimum absolute atomic E-state index is 0.0392. The summed E-state index contributed by atoms with van der Waals surface area (Å²) in [6.07, 6.45) is 3.27.